The number of halogens is 2. The van der Waals surface area contributed by atoms with Crippen LogP contribution in [-0.4, -0.2) is 16.2 Å². The summed E-state index contributed by atoms with van der Waals surface area (Å²) in [6, 6.07) is 9.18. The molecule has 0 aliphatic carbocycles. The number of terminal acetylenes is 1. The normalized spacial score (nSPS) is 11.7. The van der Waals surface area contributed by atoms with Gasteiger partial charge in [0.05, 0.1) is 22.4 Å². The monoisotopic (exact) mass is 350 g/mol. The predicted molar refractivity (Wildman–Crippen MR) is 98.7 cm³/mol. The van der Waals surface area contributed by atoms with Crippen molar-refractivity contribution in [3.8, 4) is 12.3 Å². The van der Waals surface area contributed by atoms with Crippen LogP contribution in [0.3, 0.4) is 0 Å². The average molecular weight is 351 g/mol. The number of aromatic nitrogens is 2. The van der Waals surface area contributed by atoms with E-state index in [9.17, 15) is 4.39 Å². The van der Waals surface area contributed by atoms with E-state index in [1.165, 1.54) is 18.2 Å². The third-order valence-electron chi connectivity index (χ3n) is 3.63. The van der Waals surface area contributed by atoms with Gasteiger partial charge in [-0.25, -0.2) is 9.37 Å². The highest BCUT2D eigenvalue weighted by atomic mass is 35.5. The summed E-state index contributed by atoms with van der Waals surface area (Å²) >= 11 is 5.92. The molecule has 0 atom stereocenters. The molecule has 1 aromatic carbocycles. The first-order valence-corrected chi connectivity index (χ1v) is 7.60. The first-order chi connectivity index (χ1) is 12.0. The molecule has 0 radical (unpaired) electrons. The van der Waals surface area contributed by atoms with E-state index in [4.69, 9.17) is 29.2 Å². The van der Waals surface area contributed by atoms with Gasteiger partial charge in [0, 0.05) is 34.1 Å². The van der Waals surface area contributed by atoms with Gasteiger partial charge in [0.2, 0.25) is 0 Å². The lowest BCUT2D eigenvalue weighted by Crippen LogP contribution is -2.06. The summed E-state index contributed by atoms with van der Waals surface area (Å²) in [4.78, 5) is 8.67. The Kier molecular flexibility index (Phi) is 4.46. The standard InChI is InChI=1S/C19H12ClFN4/c1-2-11-7-18-17(24-10-11)6-5-16(25-18)14(9-22)19(23)13-8-12(20)3-4-15(13)21/h1,3-10,22H,23H2. The predicted octanol–water partition coefficient (Wildman–Crippen LogP) is 3.88. The van der Waals surface area contributed by atoms with Crippen LogP contribution in [0.25, 0.3) is 22.3 Å². The van der Waals surface area contributed by atoms with E-state index in [1.807, 2.05) is 0 Å². The molecule has 0 aliphatic rings. The molecular weight excluding hydrogens is 339 g/mol. The number of rotatable bonds is 3. The summed E-state index contributed by atoms with van der Waals surface area (Å²) in [5, 5.41) is 8.03. The van der Waals surface area contributed by atoms with Crippen LogP contribution in [0.1, 0.15) is 16.8 Å². The minimum absolute atomic E-state index is 0.0721. The molecule has 0 spiro atoms. The van der Waals surface area contributed by atoms with Crippen LogP contribution in [-0.2, 0) is 0 Å². The fourth-order valence-electron chi connectivity index (χ4n) is 2.37. The number of nitrogens with two attached hydrogens (primary N) is 1. The second-order valence-electron chi connectivity index (χ2n) is 5.20. The Bertz CT molecular complexity index is 1070. The zero-order valence-corrected chi connectivity index (χ0v) is 13.7. The van der Waals surface area contributed by atoms with Crippen LogP contribution in [0.4, 0.5) is 4.39 Å². The first kappa shape index (κ1) is 16.6. The number of pyridine rings is 2. The van der Waals surface area contributed by atoms with E-state index < -0.39 is 5.82 Å². The molecule has 0 saturated heterocycles. The van der Waals surface area contributed by atoms with E-state index in [2.05, 4.69) is 15.9 Å². The van der Waals surface area contributed by atoms with Crippen molar-refractivity contribution in [1.82, 2.24) is 9.97 Å². The van der Waals surface area contributed by atoms with Crippen LogP contribution in [0.5, 0.6) is 0 Å². The number of benzene rings is 1. The van der Waals surface area contributed by atoms with E-state index in [0.29, 0.717) is 27.3 Å². The zero-order valence-electron chi connectivity index (χ0n) is 12.9. The second-order valence-corrected chi connectivity index (χ2v) is 5.64. The van der Waals surface area contributed by atoms with Gasteiger partial charge in [-0.05, 0) is 36.4 Å². The molecule has 0 bridgehead atoms. The topological polar surface area (TPSA) is 75.7 Å². The first-order valence-electron chi connectivity index (χ1n) is 7.23. The molecule has 4 nitrogen and oxygen atoms in total. The van der Waals surface area contributed by atoms with Crippen molar-refractivity contribution in [3.63, 3.8) is 0 Å². The van der Waals surface area contributed by atoms with Gasteiger partial charge in [-0.1, -0.05) is 17.5 Å². The molecular formula is C19H12ClFN4. The molecule has 3 N–H and O–H groups in total. The Labute approximate surface area is 148 Å². The van der Waals surface area contributed by atoms with Crippen LogP contribution in [0, 0.1) is 23.6 Å². The lowest BCUT2D eigenvalue weighted by molar-refractivity contribution is 0.624. The van der Waals surface area contributed by atoms with E-state index in [0.717, 1.165) is 6.21 Å². The third-order valence-corrected chi connectivity index (χ3v) is 3.87. The van der Waals surface area contributed by atoms with Crippen LogP contribution < -0.4 is 5.73 Å². The van der Waals surface area contributed by atoms with Gasteiger partial charge >= 0.3 is 0 Å². The Morgan fingerprint density at radius 1 is 1.24 bits per heavy atom. The molecule has 0 amide bonds. The number of allylic oxidation sites excluding steroid dienone is 1. The summed E-state index contributed by atoms with van der Waals surface area (Å²) in [6.07, 6.45) is 7.99. The molecule has 25 heavy (non-hydrogen) atoms. The quantitative estimate of drug-likeness (QED) is 0.556. The van der Waals surface area contributed by atoms with E-state index in [1.54, 1.807) is 24.4 Å². The fraction of sp³-hybridized carbons (Fsp3) is 0. The molecule has 0 fully saturated rings. The SMILES string of the molecule is C#Cc1cnc2ccc(C(C=N)=C(N)c3cc(Cl)ccc3F)nc2c1. The molecule has 0 saturated carbocycles. The Morgan fingerprint density at radius 2 is 2.04 bits per heavy atom. The van der Waals surface area contributed by atoms with Gasteiger partial charge in [-0.2, -0.15) is 0 Å². The van der Waals surface area contributed by atoms with Crippen LogP contribution >= 0.6 is 11.6 Å². The van der Waals surface area contributed by atoms with Crippen molar-refractivity contribution in [1.29, 1.82) is 5.41 Å². The number of nitrogens with one attached hydrogen (secondary N) is 1. The molecule has 2 aromatic heterocycles. The molecule has 3 aromatic rings. The maximum absolute atomic E-state index is 14.1. The Morgan fingerprint density at radius 3 is 2.76 bits per heavy atom. The van der Waals surface area contributed by atoms with E-state index >= 15 is 0 Å². The minimum atomic E-state index is -0.529. The largest absolute Gasteiger partial charge is 0.398 e. The Balaban J connectivity index is 2.20. The van der Waals surface area contributed by atoms with Gasteiger partial charge in [-0.15, -0.1) is 6.42 Å². The average Bonchev–Trinajstić information content (AvgIpc) is 2.63. The molecule has 3 rings (SSSR count). The summed E-state index contributed by atoms with van der Waals surface area (Å²) in [7, 11) is 0. The van der Waals surface area contributed by atoms with Crippen molar-refractivity contribution in [2.75, 3.05) is 0 Å². The smallest absolute Gasteiger partial charge is 0.132 e. The molecule has 0 unspecified atom stereocenters. The van der Waals surface area contributed by atoms with Crippen molar-refractivity contribution >= 4 is 40.1 Å². The van der Waals surface area contributed by atoms with Crippen molar-refractivity contribution in [2.45, 2.75) is 0 Å². The summed E-state index contributed by atoms with van der Waals surface area (Å²) in [5.41, 5.74) is 8.77. The van der Waals surface area contributed by atoms with Crippen LogP contribution in [0.2, 0.25) is 5.02 Å². The van der Waals surface area contributed by atoms with E-state index in [-0.39, 0.29) is 16.8 Å². The van der Waals surface area contributed by atoms with Gasteiger partial charge < -0.3 is 11.1 Å². The van der Waals surface area contributed by atoms with Crippen molar-refractivity contribution in [3.05, 3.63) is 70.3 Å². The minimum Gasteiger partial charge on any atom is -0.398 e. The highest BCUT2D eigenvalue weighted by Crippen LogP contribution is 2.25. The highest BCUT2D eigenvalue weighted by molar-refractivity contribution is 6.31. The second kappa shape index (κ2) is 6.71. The summed E-state index contributed by atoms with van der Waals surface area (Å²) in [5.74, 6) is 1.97. The number of hydrogen-bond donors (Lipinski definition) is 2. The number of nitrogens with zero attached hydrogens (tertiary/aromatic N) is 2. The molecule has 6 heteroatoms. The summed E-state index contributed by atoms with van der Waals surface area (Å²) < 4.78 is 14.1. The van der Waals surface area contributed by atoms with Gasteiger partial charge in [0.25, 0.3) is 0 Å². The lowest BCUT2D eigenvalue weighted by Gasteiger charge is -2.10. The lowest BCUT2D eigenvalue weighted by atomic mass is 10.0. The van der Waals surface area contributed by atoms with Crippen LogP contribution in [0.15, 0.2) is 42.6 Å². The third kappa shape index (κ3) is 3.21. The van der Waals surface area contributed by atoms with Gasteiger partial charge in [0.15, 0.2) is 0 Å². The number of hydrogen-bond acceptors (Lipinski definition) is 4. The molecule has 2 heterocycles. The van der Waals surface area contributed by atoms with Crippen molar-refractivity contribution in [2.24, 2.45) is 5.73 Å². The van der Waals surface area contributed by atoms with Gasteiger partial charge in [-0.3, -0.25) is 4.98 Å². The van der Waals surface area contributed by atoms with Crippen molar-refractivity contribution < 1.29 is 4.39 Å². The maximum atomic E-state index is 14.1. The molecule has 122 valence electrons. The van der Waals surface area contributed by atoms with Gasteiger partial charge in [0.1, 0.15) is 5.82 Å². The highest BCUT2D eigenvalue weighted by Gasteiger charge is 2.13. The fourth-order valence-corrected chi connectivity index (χ4v) is 2.55. The Hall–Kier alpha value is -3.23. The number of fused-ring (bicyclic) bond motifs is 1. The summed E-state index contributed by atoms with van der Waals surface area (Å²) in [6.45, 7) is 0. The maximum Gasteiger partial charge on any atom is 0.132 e. The zero-order chi connectivity index (χ0) is 18.0. The molecule has 0 aliphatic heterocycles.